The lowest BCUT2D eigenvalue weighted by Crippen LogP contribution is -2.52. The van der Waals surface area contributed by atoms with E-state index < -0.39 is 12.1 Å². The van der Waals surface area contributed by atoms with Gasteiger partial charge in [0, 0.05) is 31.5 Å². The van der Waals surface area contributed by atoms with Crippen LogP contribution in [0.15, 0.2) is 24.5 Å². The van der Waals surface area contributed by atoms with Crippen LogP contribution in [-0.4, -0.2) is 46.1 Å². The van der Waals surface area contributed by atoms with Crippen molar-refractivity contribution in [3.05, 3.63) is 30.1 Å². The van der Waals surface area contributed by atoms with Gasteiger partial charge in [-0.25, -0.2) is 0 Å². The van der Waals surface area contributed by atoms with Gasteiger partial charge in [0.25, 0.3) is 0 Å². The summed E-state index contributed by atoms with van der Waals surface area (Å²) in [5.41, 5.74) is 0.751. The number of pyridine rings is 1. The lowest BCUT2D eigenvalue weighted by molar-refractivity contribution is -0.135. The number of nitrogens with zero attached hydrogens (tertiary/aromatic N) is 2. The maximum Gasteiger partial charge on any atom is 0.242 e. The van der Waals surface area contributed by atoms with E-state index in [2.05, 4.69) is 10.3 Å². The van der Waals surface area contributed by atoms with Gasteiger partial charge in [-0.05, 0) is 43.4 Å². The van der Waals surface area contributed by atoms with Crippen LogP contribution in [0.2, 0.25) is 0 Å². The Hall–Kier alpha value is -1.46. The predicted octanol–water partition coefficient (Wildman–Crippen LogP) is 2.66. The van der Waals surface area contributed by atoms with Crippen molar-refractivity contribution in [1.82, 2.24) is 15.2 Å². The summed E-state index contributed by atoms with van der Waals surface area (Å²) in [6.07, 6.45) is 10.5. The first-order valence-electron chi connectivity index (χ1n) is 8.88. The number of hydrogen-bond donors (Lipinski definition) is 2. The van der Waals surface area contributed by atoms with Crippen molar-refractivity contribution < 1.29 is 9.90 Å². The predicted molar refractivity (Wildman–Crippen MR) is 95.5 cm³/mol. The highest BCUT2D eigenvalue weighted by Gasteiger charge is 2.34. The molecule has 1 saturated carbocycles. The maximum atomic E-state index is 12.9. The molecule has 2 aliphatic rings. The van der Waals surface area contributed by atoms with Gasteiger partial charge in [0.05, 0.1) is 0 Å². The zero-order valence-corrected chi connectivity index (χ0v) is 13.7. The molecule has 0 bridgehead atoms. The first-order valence-corrected chi connectivity index (χ1v) is 8.88. The number of hydrogen-bond acceptors (Lipinski definition) is 4. The van der Waals surface area contributed by atoms with Gasteiger partial charge in [0.15, 0.2) is 0 Å². The first-order chi connectivity index (χ1) is 11.3. The van der Waals surface area contributed by atoms with Crippen LogP contribution < -0.4 is 5.32 Å². The molecule has 24 heavy (non-hydrogen) atoms. The van der Waals surface area contributed by atoms with E-state index in [4.69, 9.17) is 0 Å². The van der Waals surface area contributed by atoms with Crippen molar-refractivity contribution in [3.63, 3.8) is 0 Å². The summed E-state index contributed by atoms with van der Waals surface area (Å²) in [6.45, 7) is 1.62. The molecule has 1 aromatic heterocycles. The van der Waals surface area contributed by atoms with Crippen LogP contribution in [0.3, 0.4) is 0 Å². The zero-order chi connectivity index (χ0) is 16.1. The molecule has 2 heterocycles. The molecule has 0 radical (unpaired) electrons. The summed E-state index contributed by atoms with van der Waals surface area (Å²) in [6, 6.07) is 3.35. The van der Waals surface area contributed by atoms with Crippen molar-refractivity contribution >= 4 is 5.91 Å². The van der Waals surface area contributed by atoms with Gasteiger partial charge < -0.3 is 15.3 Å². The largest absolute Gasteiger partial charge is 0.386 e. The summed E-state index contributed by atoms with van der Waals surface area (Å²) in [7, 11) is 0. The van der Waals surface area contributed by atoms with Crippen molar-refractivity contribution in [2.75, 3.05) is 13.1 Å². The molecular weight excluding hydrogens is 302 g/mol. The molecule has 1 aromatic rings. The van der Waals surface area contributed by atoms with Gasteiger partial charge >= 0.3 is 0 Å². The number of amides is 1. The van der Waals surface area contributed by atoms with Crippen LogP contribution in [0.4, 0.5) is 0 Å². The Morgan fingerprint density at radius 1 is 1.12 bits per heavy atom. The lowest BCUT2D eigenvalue weighted by atomic mass is 9.93. The molecule has 5 nitrogen and oxygen atoms in total. The molecule has 1 saturated heterocycles. The van der Waals surface area contributed by atoms with Crippen LogP contribution in [0.5, 0.6) is 0 Å². The molecule has 1 amide bonds. The van der Waals surface area contributed by atoms with E-state index in [9.17, 15) is 9.90 Å². The number of aliphatic hydroxyl groups excluding tert-OH is 1. The second-order valence-corrected chi connectivity index (χ2v) is 6.74. The van der Waals surface area contributed by atoms with E-state index in [0.29, 0.717) is 6.04 Å². The molecule has 1 aliphatic heterocycles. The molecule has 2 N–H and O–H groups in total. The highest BCUT2D eigenvalue weighted by atomic mass is 16.3. The summed E-state index contributed by atoms with van der Waals surface area (Å²) in [5, 5.41) is 14.3. The third-order valence-electron chi connectivity index (χ3n) is 5.07. The first kappa shape index (κ1) is 18.9. The Balaban J connectivity index is 0.00000208. The van der Waals surface area contributed by atoms with Gasteiger partial charge in [-0.2, -0.15) is 0 Å². The molecule has 0 spiro atoms. The highest BCUT2D eigenvalue weighted by molar-refractivity contribution is 5.83. The molecule has 2 atom stereocenters. The summed E-state index contributed by atoms with van der Waals surface area (Å²) >= 11 is 0. The number of carbonyl (C=O) groups is 1. The molecule has 2 fully saturated rings. The van der Waals surface area contributed by atoms with E-state index in [1.54, 1.807) is 24.5 Å². The molecule has 5 heteroatoms. The van der Waals surface area contributed by atoms with Crippen LogP contribution in [0, 0.1) is 0 Å². The summed E-state index contributed by atoms with van der Waals surface area (Å²) < 4.78 is 0. The van der Waals surface area contributed by atoms with Crippen LogP contribution in [0.25, 0.3) is 0 Å². The number of rotatable bonds is 5. The highest BCUT2D eigenvalue weighted by Crippen LogP contribution is 2.24. The fraction of sp³-hybridized carbons (Fsp3) is 0.684. The number of aliphatic hydroxyl groups is 1. The Labute approximate surface area is 145 Å². The summed E-state index contributed by atoms with van der Waals surface area (Å²) in [4.78, 5) is 18.8. The molecule has 1 aliphatic carbocycles. The topological polar surface area (TPSA) is 65.5 Å². The third-order valence-corrected chi connectivity index (χ3v) is 5.07. The minimum atomic E-state index is -0.826. The van der Waals surface area contributed by atoms with Gasteiger partial charge in [-0.3, -0.25) is 9.78 Å². The van der Waals surface area contributed by atoms with Crippen molar-refractivity contribution in [1.29, 1.82) is 0 Å². The third kappa shape index (κ3) is 4.54. The number of aromatic nitrogens is 1. The fourth-order valence-electron chi connectivity index (χ4n) is 3.71. The Bertz CT molecular complexity index is 497. The molecule has 0 unspecified atom stereocenters. The molecular formula is C19H31N3O2. The van der Waals surface area contributed by atoms with E-state index >= 15 is 0 Å². The smallest absolute Gasteiger partial charge is 0.242 e. The Kier molecular flexibility index (Phi) is 7.18. The SMILES string of the molecule is C.O=C([C@H](NC1CCCCC1)[C@@H](O)c1ccncc1)N1CCCC1. The van der Waals surface area contributed by atoms with Crippen molar-refractivity contribution in [2.45, 2.75) is 70.6 Å². The van der Waals surface area contributed by atoms with Gasteiger partial charge in [0.1, 0.15) is 12.1 Å². The van der Waals surface area contributed by atoms with Crippen molar-refractivity contribution in [2.24, 2.45) is 0 Å². The quantitative estimate of drug-likeness (QED) is 0.869. The van der Waals surface area contributed by atoms with Gasteiger partial charge in [-0.15, -0.1) is 0 Å². The Morgan fingerprint density at radius 2 is 1.75 bits per heavy atom. The molecule has 0 aromatic carbocycles. The number of nitrogens with one attached hydrogen (secondary N) is 1. The summed E-state index contributed by atoms with van der Waals surface area (Å²) in [5.74, 6) is 0.0392. The lowest BCUT2D eigenvalue weighted by Gasteiger charge is -2.33. The normalized spacial score (nSPS) is 21.1. The zero-order valence-electron chi connectivity index (χ0n) is 13.7. The van der Waals surface area contributed by atoms with E-state index in [1.807, 2.05) is 4.90 Å². The van der Waals surface area contributed by atoms with E-state index in [1.165, 1.54) is 19.3 Å². The number of carbonyl (C=O) groups excluding carboxylic acids is 1. The Morgan fingerprint density at radius 3 is 2.38 bits per heavy atom. The minimum Gasteiger partial charge on any atom is -0.386 e. The maximum absolute atomic E-state index is 12.9. The van der Waals surface area contributed by atoms with Crippen LogP contribution >= 0.6 is 0 Å². The second-order valence-electron chi connectivity index (χ2n) is 6.74. The van der Waals surface area contributed by atoms with Gasteiger partial charge in [0.2, 0.25) is 5.91 Å². The van der Waals surface area contributed by atoms with E-state index in [-0.39, 0.29) is 13.3 Å². The minimum absolute atomic E-state index is 0. The van der Waals surface area contributed by atoms with Crippen molar-refractivity contribution in [3.8, 4) is 0 Å². The van der Waals surface area contributed by atoms with Gasteiger partial charge in [-0.1, -0.05) is 26.7 Å². The molecule has 134 valence electrons. The molecule has 3 rings (SSSR count). The standard InChI is InChI=1S/C18H27N3O2.CH4/c22-17(14-8-10-19-11-9-14)16(18(23)21-12-4-5-13-21)20-15-6-2-1-3-7-15;/h8-11,15-17,20,22H,1-7,12-13H2;1H4/t16-,17+;/m1./s1. The van der Waals surface area contributed by atoms with Crippen LogP contribution in [-0.2, 0) is 4.79 Å². The van der Waals surface area contributed by atoms with E-state index in [0.717, 1.165) is 44.3 Å². The fourth-order valence-corrected chi connectivity index (χ4v) is 3.71. The average Bonchev–Trinajstić information content (AvgIpc) is 3.15. The number of likely N-dealkylation sites (tertiary alicyclic amines) is 1. The second kappa shape index (κ2) is 9.14. The monoisotopic (exact) mass is 333 g/mol. The average molecular weight is 333 g/mol. The van der Waals surface area contributed by atoms with Crippen LogP contribution in [0.1, 0.15) is 64.0 Å².